The lowest BCUT2D eigenvalue weighted by Crippen LogP contribution is -2.45. The first-order chi connectivity index (χ1) is 21.8. The molecule has 0 bridgehead atoms. The van der Waals surface area contributed by atoms with Crippen molar-refractivity contribution >= 4 is 11.9 Å². The highest BCUT2D eigenvalue weighted by atomic mass is 16.5. The largest absolute Gasteiger partial charge is 0.457 e. The predicted molar refractivity (Wildman–Crippen MR) is 177 cm³/mol. The van der Waals surface area contributed by atoms with Crippen molar-refractivity contribution in [3.8, 4) is 11.5 Å². The van der Waals surface area contributed by atoms with Crippen molar-refractivity contribution in [3.05, 3.63) is 184 Å². The fraction of sp³-hybridized carbons (Fsp3) is 0.103. The van der Waals surface area contributed by atoms with E-state index < -0.39 is 5.41 Å². The minimum absolute atomic E-state index is 0.109. The minimum Gasteiger partial charge on any atom is -0.457 e. The first-order valence-corrected chi connectivity index (χ1v) is 15.1. The molecule has 0 radical (unpaired) electrons. The number of ether oxygens (including phenoxy) is 1. The van der Waals surface area contributed by atoms with Crippen molar-refractivity contribution in [3.63, 3.8) is 0 Å². The lowest BCUT2D eigenvalue weighted by atomic mass is 9.65. The van der Waals surface area contributed by atoms with Crippen molar-refractivity contribution < 1.29 is 4.74 Å². The molecule has 4 N–H and O–H groups in total. The molecule has 5 nitrogen and oxygen atoms in total. The second-order valence-corrected chi connectivity index (χ2v) is 11.3. The summed E-state index contributed by atoms with van der Waals surface area (Å²) in [5.74, 6) is 2.60. The van der Waals surface area contributed by atoms with E-state index in [1.165, 1.54) is 16.7 Å². The SMILES string of the molecule is NC/C=C\C1=Cc2ccc(C3N=C(c4ccccc4)NC(c4ccccc4)N3)cc2C12c1ccccc1Oc1ccccc12. The van der Waals surface area contributed by atoms with E-state index in [1.807, 2.05) is 30.3 Å². The average molecular weight is 573 g/mol. The molecule has 5 heteroatoms. The number of nitrogens with zero attached hydrogens (tertiary/aromatic N) is 1. The summed E-state index contributed by atoms with van der Waals surface area (Å²) in [6.07, 6.45) is 6.13. The number of hydrogen-bond donors (Lipinski definition) is 3. The van der Waals surface area contributed by atoms with Gasteiger partial charge in [0.05, 0.1) is 5.41 Å². The zero-order valence-electron chi connectivity index (χ0n) is 24.2. The Labute approximate surface area is 257 Å². The summed E-state index contributed by atoms with van der Waals surface area (Å²) >= 11 is 0. The summed E-state index contributed by atoms with van der Waals surface area (Å²) in [4.78, 5) is 5.24. The van der Waals surface area contributed by atoms with Crippen LogP contribution < -0.4 is 21.1 Å². The van der Waals surface area contributed by atoms with Crippen LogP contribution in [0.5, 0.6) is 11.5 Å². The number of hydrogen-bond acceptors (Lipinski definition) is 5. The molecule has 0 saturated heterocycles. The summed E-state index contributed by atoms with van der Waals surface area (Å²) in [6, 6.07) is 44.4. The van der Waals surface area contributed by atoms with Crippen LogP contribution in [0.15, 0.2) is 150 Å². The van der Waals surface area contributed by atoms with Crippen molar-refractivity contribution in [2.75, 3.05) is 6.54 Å². The van der Waals surface area contributed by atoms with E-state index in [2.05, 4.69) is 126 Å². The summed E-state index contributed by atoms with van der Waals surface area (Å²) in [6.45, 7) is 0.464. The standard InChI is InChI=1S/C39H32N4O/c40-23-11-16-30-24-28-21-22-29(25-33(28)39(30)31-17-7-9-19-34(31)44-35-20-10-8-18-32(35)39)38-42-36(26-12-3-1-4-13-26)41-37(43-38)27-14-5-2-6-15-27/h1-22,24-25,36,38,42H,23,40H2,(H,41,43)/b16-11-. The van der Waals surface area contributed by atoms with Gasteiger partial charge in [0.2, 0.25) is 0 Å². The number of nitrogens with two attached hydrogens (primary N) is 1. The quantitative estimate of drug-likeness (QED) is 0.206. The molecule has 0 fully saturated rings. The number of amidine groups is 1. The van der Waals surface area contributed by atoms with Crippen LogP contribution >= 0.6 is 0 Å². The fourth-order valence-corrected chi connectivity index (χ4v) is 6.88. The normalized spacial score (nSPS) is 19.3. The van der Waals surface area contributed by atoms with Gasteiger partial charge in [-0.25, -0.2) is 4.99 Å². The van der Waals surface area contributed by atoms with E-state index in [-0.39, 0.29) is 12.3 Å². The summed E-state index contributed by atoms with van der Waals surface area (Å²) < 4.78 is 6.49. The lowest BCUT2D eigenvalue weighted by molar-refractivity contribution is 0.408. The second kappa shape index (κ2) is 10.8. The molecule has 1 aliphatic carbocycles. The molecule has 5 aromatic rings. The van der Waals surface area contributed by atoms with Crippen LogP contribution in [0.1, 0.15) is 51.3 Å². The van der Waals surface area contributed by atoms with Crippen molar-refractivity contribution in [2.45, 2.75) is 17.7 Å². The van der Waals surface area contributed by atoms with Gasteiger partial charge in [-0.05, 0) is 46.0 Å². The molecule has 0 aromatic heterocycles. The van der Waals surface area contributed by atoms with Crippen LogP contribution in [-0.2, 0) is 5.41 Å². The van der Waals surface area contributed by atoms with Crippen LogP contribution in [0, 0.1) is 0 Å². The smallest absolute Gasteiger partial charge is 0.132 e. The third kappa shape index (κ3) is 4.21. The first-order valence-electron chi connectivity index (χ1n) is 15.1. The molecular weight excluding hydrogens is 540 g/mol. The number of benzene rings is 5. The Kier molecular flexibility index (Phi) is 6.48. The number of para-hydroxylation sites is 2. The molecule has 2 aliphatic heterocycles. The van der Waals surface area contributed by atoms with Gasteiger partial charge in [0.15, 0.2) is 0 Å². The lowest BCUT2D eigenvalue weighted by Gasteiger charge is -2.40. The molecule has 1 spiro atoms. The minimum atomic E-state index is -0.555. The van der Waals surface area contributed by atoms with Crippen molar-refractivity contribution in [1.29, 1.82) is 0 Å². The zero-order valence-corrected chi connectivity index (χ0v) is 24.2. The Bertz CT molecular complexity index is 1900. The Morgan fingerprint density at radius 2 is 1.39 bits per heavy atom. The molecule has 3 aliphatic rings. The van der Waals surface area contributed by atoms with Crippen LogP contribution in [0.4, 0.5) is 0 Å². The predicted octanol–water partition coefficient (Wildman–Crippen LogP) is 7.38. The zero-order chi connectivity index (χ0) is 29.5. The molecule has 44 heavy (non-hydrogen) atoms. The summed E-state index contributed by atoms with van der Waals surface area (Å²) in [7, 11) is 0. The summed E-state index contributed by atoms with van der Waals surface area (Å²) in [5.41, 5.74) is 14.6. The first kappa shape index (κ1) is 26.4. The fourth-order valence-electron chi connectivity index (χ4n) is 6.88. The van der Waals surface area contributed by atoms with Gasteiger partial charge < -0.3 is 15.8 Å². The molecule has 5 aromatic carbocycles. The number of nitrogens with one attached hydrogen (secondary N) is 2. The molecule has 2 atom stereocenters. The van der Waals surface area contributed by atoms with E-state index in [4.69, 9.17) is 15.5 Å². The maximum atomic E-state index is 6.49. The monoisotopic (exact) mass is 572 g/mol. The maximum absolute atomic E-state index is 6.49. The average Bonchev–Trinajstić information content (AvgIpc) is 3.41. The highest BCUT2D eigenvalue weighted by Crippen LogP contribution is 2.59. The highest BCUT2D eigenvalue weighted by molar-refractivity contribution is 5.99. The van der Waals surface area contributed by atoms with E-state index >= 15 is 0 Å². The molecule has 8 rings (SSSR count). The topological polar surface area (TPSA) is 71.7 Å². The number of allylic oxidation sites excluding steroid dienone is 2. The van der Waals surface area contributed by atoms with Gasteiger partial charge in [-0.3, -0.25) is 5.32 Å². The molecule has 214 valence electrons. The Morgan fingerprint density at radius 1 is 0.727 bits per heavy atom. The Morgan fingerprint density at radius 3 is 2.09 bits per heavy atom. The number of rotatable bonds is 5. The van der Waals surface area contributed by atoms with Gasteiger partial charge in [-0.2, -0.15) is 0 Å². The van der Waals surface area contributed by atoms with Gasteiger partial charge in [0.1, 0.15) is 29.7 Å². The van der Waals surface area contributed by atoms with Crippen molar-refractivity contribution in [1.82, 2.24) is 10.6 Å². The second-order valence-electron chi connectivity index (χ2n) is 11.3. The van der Waals surface area contributed by atoms with E-state index in [0.29, 0.717) is 6.54 Å². The number of aliphatic imine (C=N–C) groups is 1. The van der Waals surface area contributed by atoms with Crippen LogP contribution in [0.3, 0.4) is 0 Å². The van der Waals surface area contributed by atoms with Gasteiger partial charge in [-0.15, -0.1) is 0 Å². The molecule has 2 unspecified atom stereocenters. The van der Waals surface area contributed by atoms with E-state index in [0.717, 1.165) is 45.2 Å². The summed E-state index contributed by atoms with van der Waals surface area (Å²) in [5, 5.41) is 7.42. The van der Waals surface area contributed by atoms with Gasteiger partial charge in [0.25, 0.3) is 0 Å². The van der Waals surface area contributed by atoms with Gasteiger partial charge >= 0.3 is 0 Å². The third-order valence-electron chi connectivity index (χ3n) is 8.82. The van der Waals surface area contributed by atoms with Crippen LogP contribution in [-0.4, -0.2) is 12.4 Å². The van der Waals surface area contributed by atoms with E-state index in [1.54, 1.807) is 0 Å². The van der Waals surface area contributed by atoms with E-state index in [9.17, 15) is 0 Å². The third-order valence-corrected chi connectivity index (χ3v) is 8.82. The Balaban J connectivity index is 1.32. The van der Waals surface area contributed by atoms with Crippen molar-refractivity contribution in [2.24, 2.45) is 10.7 Å². The molecule has 2 heterocycles. The molecule has 0 saturated carbocycles. The van der Waals surface area contributed by atoms with Crippen LogP contribution in [0.25, 0.3) is 6.08 Å². The van der Waals surface area contributed by atoms with Crippen LogP contribution in [0.2, 0.25) is 0 Å². The maximum Gasteiger partial charge on any atom is 0.132 e. The molecular formula is C39H32N4O. The number of fused-ring (bicyclic) bond motifs is 6. The Hall–Kier alpha value is -5.23. The highest BCUT2D eigenvalue weighted by Gasteiger charge is 2.49. The van der Waals surface area contributed by atoms with Gasteiger partial charge in [0, 0.05) is 23.2 Å². The molecule has 0 amide bonds. The van der Waals surface area contributed by atoms with Gasteiger partial charge in [-0.1, -0.05) is 127 Å².